The van der Waals surface area contributed by atoms with E-state index in [0.29, 0.717) is 11.4 Å². The Morgan fingerprint density at radius 3 is 2.74 bits per heavy atom. The molecule has 0 aliphatic rings. The van der Waals surface area contributed by atoms with Crippen molar-refractivity contribution < 1.29 is 4.79 Å². The Labute approximate surface area is 116 Å². The summed E-state index contributed by atoms with van der Waals surface area (Å²) in [5.41, 5.74) is 1.48. The van der Waals surface area contributed by atoms with Crippen LogP contribution in [0.15, 0.2) is 42.9 Å². The van der Waals surface area contributed by atoms with Crippen LogP contribution < -0.4 is 10.6 Å². The van der Waals surface area contributed by atoms with E-state index in [2.05, 4.69) is 20.6 Å². The smallest absolute Gasteiger partial charge is 0.257 e. The van der Waals surface area contributed by atoms with Crippen molar-refractivity contribution >= 4 is 29.1 Å². The summed E-state index contributed by atoms with van der Waals surface area (Å²) in [6, 6.07) is 7.30. The number of anilines is 1. The quantitative estimate of drug-likeness (QED) is 0.817. The molecule has 0 unspecified atom stereocenters. The third-order valence-electron chi connectivity index (χ3n) is 2.42. The first-order valence-corrected chi connectivity index (χ1v) is 6.01. The normalized spacial score (nSPS) is 9.74. The molecular weight excluding hydrogens is 260 g/mol. The van der Waals surface area contributed by atoms with Crippen LogP contribution in [0.4, 0.5) is 5.82 Å². The fourth-order valence-electron chi connectivity index (χ4n) is 1.51. The molecule has 1 aromatic heterocycles. The number of benzene rings is 1. The van der Waals surface area contributed by atoms with Crippen molar-refractivity contribution in [1.29, 1.82) is 0 Å². The minimum Gasteiger partial charge on any atom is -0.316 e. The van der Waals surface area contributed by atoms with Crippen LogP contribution in [0.1, 0.15) is 15.9 Å². The second kappa shape index (κ2) is 6.01. The van der Waals surface area contributed by atoms with Gasteiger partial charge in [-0.2, -0.15) is 0 Å². The number of hydrogen-bond acceptors (Lipinski definition) is 4. The Hall–Kier alpha value is -2.34. The zero-order valence-electron chi connectivity index (χ0n) is 10.3. The van der Waals surface area contributed by atoms with Crippen molar-refractivity contribution in [2.75, 3.05) is 5.32 Å². The van der Waals surface area contributed by atoms with Gasteiger partial charge in [-0.25, -0.2) is 4.98 Å². The monoisotopic (exact) mass is 272 g/mol. The number of amides is 1. The number of aromatic nitrogens is 2. The van der Waals surface area contributed by atoms with Gasteiger partial charge in [-0.1, -0.05) is 18.2 Å². The van der Waals surface area contributed by atoms with Gasteiger partial charge in [-0.3, -0.25) is 15.1 Å². The average Bonchev–Trinajstić information content (AvgIpc) is 2.40. The number of thiocarbonyl (C=S) groups is 1. The maximum atomic E-state index is 12.0. The van der Waals surface area contributed by atoms with Crippen molar-refractivity contribution in [3.8, 4) is 0 Å². The molecule has 5 nitrogen and oxygen atoms in total. The lowest BCUT2D eigenvalue weighted by Gasteiger charge is -2.09. The molecule has 0 atom stereocenters. The van der Waals surface area contributed by atoms with Crippen LogP contribution in [0.5, 0.6) is 0 Å². The van der Waals surface area contributed by atoms with E-state index in [1.807, 2.05) is 19.1 Å². The fourth-order valence-corrected chi connectivity index (χ4v) is 1.71. The summed E-state index contributed by atoms with van der Waals surface area (Å²) in [7, 11) is 0. The third kappa shape index (κ3) is 3.56. The Bertz CT molecular complexity index is 601. The minimum absolute atomic E-state index is 0.189. The van der Waals surface area contributed by atoms with Gasteiger partial charge in [0.15, 0.2) is 10.9 Å². The molecule has 0 fully saturated rings. The van der Waals surface area contributed by atoms with E-state index in [1.165, 1.54) is 12.4 Å². The predicted octanol–water partition coefficient (Wildman–Crippen LogP) is 1.91. The molecule has 6 heteroatoms. The zero-order chi connectivity index (χ0) is 13.7. The number of carbonyl (C=O) groups is 1. The van der Waals surface area contributed by atoms with Gasteiger partial charge in [0.25, 0.3) is 5.91 Å². The van der Waals surface area contributed by atoms with E-state index in [9.17, 15) is 4.79 Å². The van der Waals surface area contributed by atoms with Crippen molar-refractivity contribution in [3.63, 3.8) is 0 Å². The van der Waals surface area contributed by atoms with Crippen molar-refractivity contribution in [2.45, 2.75) is 6.92 Å². The van der Waals surface area contributed by atoms with Gasteiger partial charge >= 0.3 is 0 Å². The molecule has 2 rings (SSSR count). The van der Waals surface area contributed by atoms with Gasteiger partial charge in [0.05, 0.1) is 6.20 Å². The van der Waals surface area contributed by atoms with Gasteiger partial charge in [-0.05, 0) is 30.8 Å². The average molecular weight is 272 g/mol. The highest BCUT2D eigenvalue weighted by Crippen LogP contribution is 2.06. The van der Waals surface area contributed by atoms with Crippen molar-refractivity contribution in [3.05, 3.63) is 54.0 Å². The van der Waals surface area contributed by atoms with Gasteiger partial charge in [-0.15, -0.1) is 0 Å². The minimum atomic E-state index is -0.250. The molecule has 0 aliphatic carbocycles. The maximum Gasteiger partial charge on any atom is 0.257 e. The second-order valence-electron chi connectivity index (χ2n) is 3.81. The van der Waals surface area contributed by atoms with E-state index in [-0.39, 0.29) is 11.0 Å². The molecule has 0 radical (unpaired) electrons. The molecular formula is C13H12N4OS. The molecule has 0 saturated carbocycles. The molecule has 19 heavy (non-hydrogen) atoms. The summed E-state index contributed by atoms with van der Waals surface area (Å²) < 4.78 is 0. The molecule has 1 aromatic carbocycles. The molecule has 1 heterocycles. The number of rotatable bonds is 2. The summed E-state index contributed by atoms with van der Waals surface area (Å²) in [6.45, 7) is 1.87. The molecule has 96 valence electrons. The summed E-state index contributed by atoms with van der Waals surface area (Å²) in [4.78, 5) is 19.9. The predicted molar refractivity (Wildman–Crippen MR) is 76.9 cm³/mol. The van der Waals surface area contributed by atoms with Crippen LogP contribution in [0, 0.1) is 6.92 Å². The molecule has 0 saturated heterocycles. The van der Waals surface area contributed by atoms with Gasteiger partial charge in [0, 0.05) is 18.0 Å². The summed E-state index contributed by atoms with van der Waals surface area (Å²) >= 11 is 5.04. The maximum absolute atomic E-state index is 12.0. The fraction of sp³-hybridized carbons (Fsp3) is 0.0769. The van der Waals surface area contributed by atoms with E-state index < -0.39 is 0 Å². The molecule has 2 N–H and O–H groups in total. The second-order valence-corrected chi connectivity index (χ2v) is 4.22. The molecule has 1 amide bonds. The molecule has 0 spiro atoms. The summed E-state index contributed by atoms with van der Waals surface area (Å²) in [5.74, 6) is 0.233. The Kier molecular flexibility index (Phi) is 4.15. The van der Waals surface area contributed by atoms with Gasteiger partial charge < -0.3 is 5.32 Å². The number of hydrogen-bond donors (Lipinski definition) is 2. The highest BCUT2D eigenvalue weighted by atomic mass is 32.1. The number of nitrogens with one attached hydrogen (secondary N) is 2. The number of carbonyl (C=O) groups excluding carboxylic acids is 1. The van der Waals surface area contributed by atoms with Crippen molar-refractivity contribution in [2.24, 2.45) is 0 Å². The molecule has 0 aliphatic heterocycles. The summed E-state index contributed by atoms with van der Waals surface area (Å²) in [6.07, 6.45) is 4.61. The van der Waals surface area contributed by atoms with Crippen LogP contribution in [0.2, 0.25) is 0 Å². The van der Waals surface area contributed by atoms with Crippen LogP contribution >= 0.6 is 12.2 Å². The molecule has 2 aromatic rings. The standard InChI is InChI=1S/C13H12N4OS/c1-9-4-2-3-5-10(9)12(18)17-13(19)16-11-8-14-6-7-15-11/h2-8H,1H3,(H2,15,16,17,18,19). The lowest BCUT2D eigenvalue weighted by atomic mass is 10.1. The largest absolute Gasteiger partial charge is 0.316 e. The van der Waals surface area contributed by atoms with Crippen LogP contribution in [0.3, 0.4) is 0 Å². The Morgan fingerprint density at radius 2 is 2.05 bits per heavy atom. The zero-order valence-corrected chi connectivity index (χ0v) is 11.1. The summed E-state index contributed by atoms with van der Waals surface area (Å²) in [5, 5.41) is 5.58. The highest BCUT2D eigenvalue weighted by molar-refractivity contribution is 7.80. The third-order valence-corrected chi connectivity index (χ3v) is 2.63. The van der Waals surface area contributed by atoms with E-state index in [0.717, 1.165) is 5.56 Å². The first kappa shape index (κ1) is 13.1. The van der Waals surface area contributed by atoms with Gasteiger partial charge in [0.2, 0.25) is 0 Å². The lowest BCUT2D eigenvalue weighted by Crippen LogP contribution is -2.34. The van der Waals surface area contributed by atoms with Crippen LogP contribution in [-0.4, -0.2) is 21.0 Å². The van der Waals surface area contributed by atoms with Crippen LogP contribution in [0.25, 0.3) is 0 Å². The van der Waals surface area contributed by atoms with E-state index in [1.54, 1.807) is 18.3 Å². The number of aryl methyl sites for hydroxylation is 1. The number of nitrogens with zero attached hydrogens (tertiary/aromatic N) is 2. The van der Waals surface area contributed by atoms with Gasteiger partial charge in [0.1, 0.15) is 0 Å². The van der Waals surface area contributed by atoms with E-state index >= 15 is 0 Å². The molecule has 0 bridgehead atoms. The highest BCUT2D eigenvalue weighted by Gasteiger charge is 2.10. The SMILES string of the molecule is Cc1ccccc1C(=O)NC(=S)Nc1cnccn1. The van der Waals surface area contributed by atoms with Crippen LogP contribution in [-0.2, 0) is 0 Å². The van der Waals surface area contributed by atoms with Crippen molar-refractivity contribution in [1.82, 2.24) is 15.3 Å². The topological polar surface area (TPSA) is 66.9 Å². The van der Waals surface area contributed by atoms with E-state index in [4.69, 9.17) is 12.2 Å². The first-order chi connectivity index (χ1) is 9.16. The Morgan fingerprint density at radius 1 is 1.26 bits per heavy atom. The Balaban J connectivity index is 2.00. The first-order valence-electron chi connectivity index (χ1n) is 5.61. The lowest BCUT2D eigenvalue weighted by molar-refractivity contribution is 0.0977.